The zero-order chi connectivity index (χ0) is 11.5. The van der Waals surface area contributed by atoms with Crippen molar-refractivity contribution in [3.05, 3.63) is 47.8 Å². The predicted octanol–water partition coefficient (Wildman–Crippen LogP) is 1.21. The first-order chi connectivity index (χ1) is 7.65. The van der Waals surface area contributed by atoms with Crippen LogP contribution >= 0.6 is 0 Å². The Hall–Kier alpha value is -2.30. The van der Waals surface area contributed by atoms with Gasteiger partial charge in [-0.25, -0.2) is 4.79 Å². The van der Waals surface area contributed by atoms with Crippen molar-refractivity contribution in [3.8, 4) is 0 Å². The molecule has 0 amide bonds. The molecule has 1 aromatic carbocycles. The van der Waals surface area contributed by atoms with Gasteiger partial charge in [-0.2, -0.15) is 5.10 Å². The van der Waals surface area contributed by atoms with E-state index in [1.165, 1.54) is 12.4 Å². The van der Waals surface area contributed by atoms with Gasteiger partial charge in [0.2, 0.25) is 0 Å². The number of rotatable bonds is 3. The van der Waals surface area contributed by atoms with Gasteiger partial charge in [0.05, 0.1) is 18.3 Å². The Morgan fingerprint density at radius 2 is 2.31 bits per heavy atom. The summed E-state index contributed by atoms with van der Waals surface area (Å²) in [6.45, 7) is 0.512. The molecule has 0 unspecified atom stereocenters. The van der Waals surface area contributed by atoms with Gasteiger partial charge in [-0.05, 0) is 17.7 Å². The fraction of sp³-hybridized carbons (Fsp3) is 0.0909. The number of hydrogen-bond donors (Lipinski definition) is 2. The Morgan fingerprint density at radius 1 is 1.50 bits per heavy atom. The number of carboxylic acid groups (broad SMARTS) is 1. The maximum absolute atomic E-state index is 10.6. The normalized spacial score (nSPS) is 10.2. The van der Waals surface area contributed by atoms with Crippen LogP contribution in [0.1, 0.15) is 15.9 Å². The molecule has 1 aromatic heterocycles. The molecule has 0 aliphatic carbocycles. The fourth-order valence-corrected chi connectivity index (χ4v) is 1.44. The summed E-state index contributed by atoms with van der Waals surface area (Å²) in [4.78, 5) is 10.6. The van der Waals surface area contributed by atoms with Crippen LogP contribution in [0, 0.1) is 0 Å². The van der Waals surface area contributed by atoms with E-state index in [4.69, 9.17) is 10.8 Å². The maximum Gasteiger partial charge on any atom is 0.338 e. The van der Waals surface area contributed by atoms with Gasteiger partial charge in [-0.3, -0.25) is 4.68 Å². The van der Waals surface area contributed by atoms with Gasteiger partial charge in [0, 0.05) is 11.9 Å². The smallest absolute Gasteiger partial charge is 0.338 e. The number of nitrogens with zero attached hydrogens (tertiary/aromatic N) is 2. The van der Waals surface area contributed by atoms with E-state index >= 15 is 0 Å². The van der Waals surface area contributed by atoms with E-state index in [0.717, 1.165) is 5.56 Å². The summed E-state index contributed by atoms with van der Waals surface area (Å²) in [5.41, 5.74) is 7.50. The first-order valence-electron chi connectivity index (χ1n) is 4.75. The van der Waals surface area contributed by atoms with Crippen LogP contribution in [-0.4, -0.2) is 20.9 Å². The molecule has 0 radical (unpaired) electrons. The molecule has 16 heavy (non-hydrogen) atoms. The van der Waals surface area contributed by atoms with Crippen LogP contribution in [0.3, 0.4) is 0 Å². The molecule has 0 spiro atoms. The number of carboxylic acids is 1. The van der Waals surface area contributed by atoms with Crippen LogP contribution in [0.25, 0.3) is 0 Å². The van der Waals surface area contributed by atoms with Crippen LogP contribution in [-0.2, 0) is 6.54 Å². The molecule has 3 N–H and O–H groups in total. The van der Waals surface area contributed by atoms with Gasteiger partial charge in [-0.1, -0.05) is 12.1 Å². The second-order valence-corrected chi connectivity index (χ2v) is 3.48. The number of carbonyl (C=O) groups is 1. The summed E-state index contributed by atoms with van der Waals surface area (Å²) in [6, 6.07) is 7.40. The second kappa shape index (κ2) is 4.06. The lowest BCUT2D eigenvalue weighted by Crippen LogP contribution is -2.01. The third kappa shape index (κ3) is 2.20. The third-order valence-corrected chi connectivity index (χ3v) is 2.18. The highest BCUT2D eigenvalue weighted by molar-refractivity contribution is 5.86. The molecule has 2 rings (SSSR count). The standard InChI is InChI=1S/C11H11N3O2/c12-10-3-1-2-8(4-10)6-14-7-9(5-13-14)11(15)16/h1-5,7H,6,12H2,(H,15,16). The molecule has 0 bridgehead atoms. The highest BCUT2D eigenvalue weighted by atomic mass is 16.4. The fourth-order valence-electron chi connectivity index (χ4n) is 1.44. The lowest BCUT2D eigenvalue weighted by Gasteiger charge is -2.02. The summed E-state index contributed by atoms with van der Waals surface area (Å²) in [6.07, 6.45) is 2.82. The van der Waals surface area contributed by atoms with Gasteiger partial charge in [0.15, 0.2) is 0 Å². The average Bonchev–Trinajstić information content (AvgIpc) is 2.66. The van der Waals surface area contributed by atoms with Crippen molar-refractivity contribution >= 4 is 11.7 Å². The Balaban J connectivity index is 2.17. The molecule has 82 valence electrons. The Labute approximate surface area is 92.1 Å². The molecule has 5 nitrogen and oxygen atoms in total. The Bertz CT molecular complexity index is 519. The largest absolute Gasteiger partial charge is 0.478 e. The van der Waals surface area contributed by atoms with E-state index in [9.17, 15) is 4.79 Å². The first-order valence-corrected chi connectivity index (χ1v) is 4.75. The molecule has 0 aliphatic heterocycles. The molecular weight excluding hydrogens is 206 g/mol. The highest BCUT2D eigenvalue weighted by Gasteiger charge is 2.05. The van der Waals surface area contributed by atoms with Crippen LogP contribution in [0.5, 0.6) is 0 Å². The van der Waals surface area contributed by atoms with E-state index in [1.54, 1.807) is 10.7 Å². The molecule has 0 aliphatic rings. The molecule has 5 heteroatoms. The lowest BCUT2D eigenvalue weighted by molar-refractivity contribution is 0.0697. The lowest BCUT2D eigenvalue weighted by atomic mass is 10.2. The quantitative estimate of drug-likeness (QED) is 0.757. The van der Waals surface area contributed by atoms with Crippen molar-refractivity contribution < 1.29 is 9.90 Å². The van der Waals surface area contributed by atoms with Crippen molar-refractivity contribution in [1.82, 2.24) is 9.78 Å². The van der Waals surface area contributed by atoms with E-state index in [0.29, 0.717) is 12.2 Å². The summed E-state index contributed by atoms with van der Waals surface area (Å²) >= 11 is 0. The topological polar surface area (TPSA) is 81.1 Å². The van der Waals surface area contributed by atoms with E-state index in [1.807, 2.05) is 18.2 Å². The minimum atomic E-state index is -0.973. The SMILES string of the molecule is Nc1cccc(Cn2cc(C(=O)O)cn2)c1. The van der Waals surface area contributed by atoms with E-state index in [-0.39, 0.29) is 5.56 Å². The Kier molecular flexibility index (Phi) is 2.59. The number of aromatic nitrogens is 2. The van der Waals surface area contributed by atoms with Gasteiger partial charge in [-0.15, -0.1) is 0 Å². The molecule has 0 fully saturated rings. The summed E-state index contributed by atoms with van der Waals surface area (Å²) in [5, 5.41) is 12.7. The van der Waals surface area contributed by atoms with Gasteiger partial charge < -0.3 is 10.8 Å². The number of hydrogen-bond acceptors (Lipinski definition) is 3. The van der Waals surface area contributed by atoms with Crippen LogP contribution in [0.4, 0.5) is 5.69 Å². The van der Waals surface area contributed by atoms with Crippen LogP contribution in [0.15, 0.2) is 36.7 Å². The molecule has 2 aromatic rings. The second-order valence-electron chi connectivity index (χ2n) is 3.48. The summed E-state index contributed by atoms with van der Waals surface area (Å²) in [7, 11) is 0. The summed E-state index contributed by atoms with van der Waals surface area (Å²) in [5.74, 6) is -0.973. The van der Waals surface area contributed by atoms with Crippen molar-refractivity contribution in [1.29, 1.82) is 0 Å². The Morgan fingerprint density at radius 3 is 2.94 bits per heavy atom. The number of anilines is 1. The van der Waals surface area contributed by atoms with Crippen molar-refractivity contribution in [2.75, 3.05) is 5.73 Å². The van der Waals surface area contributed by atoms with Crippen molar-refractivity contribution in [3.63, 3.8) is 0 Å². The third-order valence-electron chi connectivity index (χ3n) is 2.18. The number of nitrogens with two attached hydrogens (primary N) is 1. The maximum atomic E-state index is 10.6. The van der Waals surface area contributed by atoms with Gasteiger partial charge in [0.1, 0.15) is 0 Å². The van der Waals surface area contributed by atoms with E-state index in [2.05, 4.69) is 5.10 Å². The van der Waals surface area contributed by atoms with Crippen molar-refractivity contribution in [2.24, 2.45) is 0 Å². The molecule has 0 saturated heterocycles. The van der Waals surface area contributed by atoms with Crippen LogP contribution in [0.2, 0.25) is 0 Å². The predicted molar refractivity (Wildman–Crippen MR) is 59.1 cm³/mol. The minimum Gasteiger partial charge on any atom is -0.478 e. The molecule has 1 heterocycles. The van der Waals surface area contributed by atoms with Crippen LogP contribution < -0.4 is 5.73 Å². The van der Waals surface area contributed by atoms with Gasteiger partial charge in [0.25, 0.3) is 0 Å². The number of nitrogen functional groups attached to an aromatic ring is 1. The summed E-state index contributed by atoms with van der Waals surface area (Å²) < 4.78 is 1.57. The minimum absolute atomic E-state index is 0.184. The van der Waals surface area contributed by atoms with E-state index < -0.39 is 5.97 Å². The number of benzene rings is 1. The molecule has 0 atom stereocenters. The molecule has 0 saturated carbocycles. The number of aromatic carboxylic acids is 1. The monoisotopic (exact) mass is 217 g/mol. The zero-order valence-electron chi connectivity index (χ0n) is 8.50. The highest BCUT2D eigenvalue weighted by Crippen LogP contribution is 2.08. The average molecular weight is 217 g/mol. The van der Waals surface area contributed by atoms with Gasteiger partial charge >= 0.3 is 5.97 Å². The first kappa shape index (κ1) is 10.2. The zero-order valence-corrected chi connectivity index (χ0v) is 8.50. The molecular formula is C11H11N3O2. The van der Waals surface area contributed by atoms with Crippen molar-refractivity contribution in [2.45, 2.75) is 6.54 Å².